The molecule has 5 heteroatoms. The Hall–Kier alpha value is -2.37. The van der Waals surface area contributed by atoms with Gasteiger partial charge >= 0.3 is 0 Å². The minimum absolute atomic E-state index is 0.0996. The van der Waals surface area contributed by atoms with E-state index in [1.54, 1.807) is 0 Å². The second-order valence-electron chi connectivity index (χ2n) is 6.70. The van der Waals surface area contributed by atoms with E-state index in [1.807, 2.05) is 24.4 Å². The van der Waals surface area contributed by atoms with E-state index in [9.17, 15) is 0 Å². The van der Waals surface area contributed by atoms with Crippen molar-refractivity contribution in [3.05, 3.63) is 54.4 Å². The largest absolute Gasteiger partial charge is 0.475 e. The predicted octanol–water partition coefficient (Wildman–Crippen LogP) is 3.76. The highest BCUT2D eigenvalue weighted by Gasteiger charge is 2.20. The number of pyridine rings is 1. The number of fused-ring (bicyclic) bond motifs is 1. The van der Waals surface area contributed by atoms with E-state index in [-0.39, 0.29) is 6.23 Å². The molecule has 1 fully saturated rings. The molecule has 0 radical (unpaired) electrons. The molecule has 1 aromatic carbocycles. The summed E-state index contributed by atoms with van der Waals surface area (Å²) in [7, 11) is 0. The number of benzene rings is 1. The van der Waals surface area contributed by atoms with Crippen molar-refractivity contribution in [3.63, 3.8) is 0 Å². The van der Waals surface area contributed by atoms with Gasteiger partial charge in [-0.1, -0.05) is 13.0 Å². The summed E-state index contributed by atoms with van der Waals surface area (Å²) in [6.07, 6.45) is 5.15. The molecule has 1 atom stereocenters. The van der Waals surface area contributed by atoms with Crippen LogP contribution in [0.4, 0.5) is 0 Å². The van der Waals surface area contributed by atoms with E-state index in [2.05, 4.69) is 47.5 Å². The van der Waals surface area contributed by atoms with Crippen LogP contribution in [0, 0.1) is 6.92 Å². The summed E-state index contributed by atoms with van der Waals surface area (Å²) in [5.74, 6) is 0.895. The first-order valence-corrected chi connectivity index (χ1v) is 9.28. The normalized spacial score (nSPS) is 16.7. The van der Waals surface area contributed by atoms with Crippen molar-refractivity contribution in [2.45, 2.75) is 26.5 Å². The Bertz CT molecular complexity index is 867. The maximum atomic E-state index is 6.22. The number of ether oxygens (including phenoxy) is 2. The van der Waals surface area contributed by atoms with Gasteiger partial charge in [-0.05, 0) is 49.2 Å². The van der Waals surface area contributed by atoms with Crippen molar-refractivity contribution in [2.75, 3.05) is 26.3 Å². The van der Waals surface area contributed by atoms with Gasteiger partial charge in [-0.3, -0.25) is 4.90 Å². The Morgan fingerprint density at radius 1 is 1.15 bits per heavy atom. The van der Waals surface area contributed by atoms with Crippen molar-refractivity contribution in [3.8, 4) is 17.0 Å². The summed E-state index contributed by atoms with van der Waals surface area (Å²) < 4.78 is 13.7. The maximum absolute atomic E-state index is 6.22. The molecule has 0 bridgehead atoms. The second kappa shape index (κ2) is 7.48. The molecule has 26 heavy (non-hydrogen) atoms. The lowest BCUT2D eigenvalue weighted by molar-refractivity contribution is -0.0468. The lowest BCUT2D eigenvalue weighted by atomic mass is 10.1. The molecule has 1 aliphatic rings. The Balaban J connectivity index is 1.51. The standard InChI is InChI=1S/C21H25N3O2/c1-3-20(23-11-13-25-14-12-23)26-18-8-6-17(7-9-18)19-15-24-10-4-5-16(2)21(24)22-19/h4-10,15,20H,3,11-14H2,1-2H3. The third-order valence-electron chi connectivity index (χ3n) is 4.90. The Labute approximate surface area is 154 Å². The lowest BCUT2D eigenvalue weighted by Crippen LogP contribution is -2.46. The van der Waals surface area contributed by atoms with Crippen LogP contribution in [0.2, 0.25) is 0 Å². The van der Waals surface area contributed by atoms with Crippen LogP contribution in [0.25, 0.3) is 16.9 Å². The molecule has 0 spiro atoms. The number of rotatable bonds is 5. The van der Waals surface area contributed by atoms with Gasteiger partial charge in [-0.25, -0.2) is 4.98 Å². The molecule has 1 saturated heterocycles. The average Bonchev–Trinajstić information content (AvgIpc) is 3.13. The van der Waals surface area contributed by atoms with Crippen molar-refractivity contribution >= 4 is 5.65 Å². The van der Waals surface area contributed by atoms with E-state index in [0.717, 1.165) is 55.4 Å². The van der Waals surface area contributed by atoms with Crippen LogP contribution in [0.1, 0.15) is 18.9 Å². The Morgan fingerprint density at radius 3 is 2.62 bits per heavy atom. The van der Waals surface area contributed by atoms with Crippen LogP contribution in [0.3, 0.4) is 0 Å². The summed E-state index contributed by atoms with van der Waals surface area (Å²) in [6, 6.07) is 12.4. The van der Waals surface area contributed by atoms with Crippen LogP contribution >= 0.6 is 0 Å². The first-order chi connectivity index (χ1) is 12.7. The van der Waals surface area contributed by atoms with E-state index >= 15 is 0 Å². The smallest absolute Gasteiger partial charge is 0.152 e. The Kier molecular flexibility index (Phi) is 4.91. The van der Waals surface area contributed by atoms with Gasteiger partial charge in [0.15, 0.2) is 6.23 Å². The molecular formula is C21H25N3O2. The average molecular weight is 351 g/mol. The van der Waals surface area contributed by atoms with Crippen molar-refractivity contribution in [1.82, 2.24) is 14.3 Å². The van der Waals surface area contributed by atoms with Crippen molar-refractivity contribution in [1.29, 1.82) is 0 Å². The molecule has 3 heterocycles. The molecule has 3 aromatic rings. The zero-order valence-corrected chi connectivity index (χ0v) is 15.4. The van der Waals surface area contributed by atoms with Gasteiger partial charge in [-0.2, -0.15) is 0 Å². The van der Waals surface area contributed by atoms with Gasteiger partial charge in [0.05, 0.1) is 18.9 Å². The number of nitrogens with zero attached hydrogens (tertiary/aromatic N) is 3. The van der Waals surface area contributed by atoms with E-state index in [0.29, 0.717) is 0 Å². The third kappa shape index (κ3) is 3.45. The molecule has 2 aromatic heterocycles. The molecule has 136 valence electrons. The number of morpholine rings is 1. The maximum Gasteiger partial charge on any atom is 0.152 e. The predicted molar refractivity (Wildman–Crippen MR) is 102 cm³/mol. The van der Waals surface area contributed by atoms with Gasteiger partial charge in [-0.15, -0.1) is 0 Å². The number of hydrogen-bond donors (Lipinski definition) is 0. The van der Waals surface area contributed by atoms with Crippen LogP contribution in [0.5, 0.6) is 5.75 Å². The van der Waals surface area contributed by atoms with Gasteiger partial charge in [0.1, 0.15) is 11.4 Å². The molecule has 0 aliphatic carbocycles. The Morgan fingerprint density at radius 2 is 1.92 bits per heavy atom. The van der Waals surface area contributed by atoms with Gasteiger partial charge in [0, 0.05) is 31.0 Å². The topological polar surface area (TPSA) is 39.0 Å². The minimum atomic E-state index is 0.0996. The first-order valence-electron chi connectivity index (χ1n) is 9.28. The van der Waals surface area contributed by atoms with E-state index in [1.165, 1.54) is 5.56 Å². The quantitative estimate of drug-likeness (QED) is 0.702. The number of imidazole rings is 1. The molecule has 0 amide bonds. The van der Waals surface area contributed by atoms with Gasteiger partial charge in [0.2, 0.25) is 0 Å². The second-order valence-corrected chi connectivity index (χ2v) is 6.70. The molecular weight excluding hydrogens is 326 g/mol. The van der Waals surface area contributed by atoms with Crippen LogP contribution < -0.4 is 4.74 Å². The van der Waals surface area contributed by atoms with Crippen LogP contribution in [0.15, 0.2) is 48.8 Å². The summed E-state index contributed by atoms with van der Waals surface area (Å²) in [4.78, 5) is 7.11. The molecule has 1 unspecified atom stereocenters. The molecule has 0 saturated carbocycles. The SMILES string of the molecule is CCC(Oc1ccc(-c2cn3cccc(C)c3n2)cc1)N1CCOCC1. The highest BCUT2D eigenvalue weighted by Crippen LogP contribution is 2.24. The van der Waals surface area contributed by atoms with Gasteiger partial charge < -0.3 is 13.9 Å². The molecule has 0 N–H and O–H groups in total. The summed E-state index contributed by atoms with van der Waals surface area (Å²) >= 11 is 0. The summed E-state index contributed by atoms with van der Waals surface area (Å²) in [5.41, 5.74) is 4.25. The van der Waals surface area contributed by atoms with Gasteiger partial charge in [0.25, 0.3) is 0 Å². The van der Waals surface area contributed by atoms with Crippen molar-refractivity contribution in [2.24, 2.45) is 0 Å². The molecule has 4 rings (SSSR count). The van der Waals surface area contributed by atoms with Crippen LogP contribution in [-0.2, 0) is 4.74 Å². The highest BCUT2D eigenvalue weighted by molar-refractivity contribution is 5.64. The first kappa shape index (κ1) is 17.1. The number of aryl methyl sites for hydroxylation is 1. The van der Waals surface area contributed by atoms with Crippen molar-refractivity contribution < 1.29 is 9.47 Å². The fraction of sp³-hybridized carbons (Fsp3) is 0.381. The minimum Gasteiger partial charge on any atom is -0.475 e. The molecule has 5 nitrogen and oxygen atoms in total. The van der Waals surface area contributed by atoms with Crippen LogP contribution in [-0.4, -0.2) is 46.8 Å². The fourth-order valence-electron chi connectivity index (χ4n) is 3.44. The van der Waals surface area contributed by atoms with E-state index < -0.39 is 0 Å². The highest BCUT2D eigenvalue weighted by atomic mass is 16.5. The fourth-order valence-corrected chi connectivity index (χ4v) is 3.44. The summed E-state index contributed by atoms with van der Waals surface area (Å²) in [5, 5.41) is 0. The lowest BCUT2D eigenvalue weighted by Gasteiger charge is -2.33. The number of hydrogen-bond acceptors (Lipinski definition) is 4. The summed E-state index contributed by atoms with van der Waals surface area (Å²) in [6.45, 7) is 7.67. The third-order valence-corrected chi connectivity index (χ3v) is 4.90. The monoisotopic (exact) mass is 351 g/mol. The zero-order chi connectivity index (χ0) is 17.9. The number of aromatic nitrogens is 2. The zero-order valence-electron chi connectivity index (χ0n) is 15.4. The molecule has 1 aliphatic heterocycles. The van der Waals surface area contributed by atoms with E-state index in [4.69, 9.17) is 14.5 Å².